The summed E-state index contributed by atoms with van der Waals surface area (Å²) < 4.78 is 14.0. The first-order valence-electron chi connectivity index (χ1n) is 9.21. The normalized spacial score (nSPS) is 11.2. The summed E-state index contributed by atoms with van der Waals surface area (Å²) in [5.41, 5.74) is 3.56. The van der Waals surface area contributed by atoms with Crippen LogP contribution in [0.25, 0.3) is 11.4 Å². The van der Waals surface area contributed by atoms with E-state index < -0.39 is 0 Å². The fraction of sp³-hybridized carbons (Fsp3) is 0.273. The number of aryl methyl sites for hydroxylation is 1. The topological polar surface area (TPSA) is 69.2 Å². The fourth-order valence-electron chi connectivity index (χ4n) is 3.08. The van der Waals surface area contributed by atoms with Crippen LogP contribution in [-0.2, 0) is 13.1 Å². The van der Waals surface area contributed by atoms with Crippen LogP contribution in [0.1, 0.15) is 22.4 Å². The molecule has 2 N–H and O–H groups in total. The summed E-state index contributed by atoms with van der Waals surface area (Å²) >= 11 is 0. The second-order valence-electron chi connectivity index (χ2n) is 6.85. The Labute approximate surface area is 163 Å². The van der Waals surface area contributed by atoms with Gasteiger partial charge in [0.25, 0.3) is 5.56 Å². The average Bonchev–Trinajstić information content (AvgIpc) is 2.68. The lowest BCUT2D eigenvalue weighted by Gasteiger charge is -2.22. The Morgan fingerprint density at radius 2 is 1.89 bits per heavy atom. The van der Waals surface area contributed by atoms with E-state index in [2.05, 4.69) is 9.97 Å². The zero-order valence-corrected chi connectivity index (χ0v) is 16.1. The van der Waals surface area contributed by atoms with Gasteiger partial charge in [-0.25, -0.2) is 9.37 Å². The van der Waals surface area contributed by atoms with Gasteiger partial charge in [0.05, 0.1) is 6.61 Å². The highest BCUT2D eigenvalue weighted by molar-refractivity contribution is 5.56. The molecule has 0 radical (unpaired) electrons. The Bertz CT molecular complexity index is 1020. The van der Waals surface area contributed by atoms with Gasteiger partial charge in [0.15, 0.2) is 0 Å². The summed E-state index contributed by atoms with van der Waals surface area (Å²) in [5.74, 6) is 0.272. The predicted octanol–water partition coefficient (Wildman–Crippen LogP) is 3.19. The van der Waals surface area contributed by atoms with Gasteiger partial charge in [-0.3, -0.25) is 9.69 Å². The number of nitrogens with one attached hydrogen (secondary N) is 1. The fourth-order valence-corrected chi connectivity index (χ4v) is 3.08. The van der Waals surface area contributed by atoms with Crippen LogP contribution < -0.4 is 5.56 Å². The van der Waals surface area contributed by atoms with Gasteiger partial charge in [-0.1, -0.05) is 36.4 Å². The lowest BCUT2D eigenvalue weighted by Crippen LogP contribution is -2.26. The lowest BCUT2D eigenvalue weighted by atomic mass is 10.1. The van der Waals surface area contributed by atoms with Gasteiger partial charge in [0.1, 0.15) is 11.6 Å². The number of halogens is 1. The molecule has 5 nitrogen and oxygen atoms in total. The van der Waals surface area contributed by atoms with Gasteiger partial charge < -0.3 is 10.1 Å². The third kappa shape index (κ3) is 4.71. The van der Waals surface area contributed by atoms with Crippen LogP contribution in [0.15, 0.2) is 53.3 Å². The zero-order chi connectivity index (χ0) is 20.1. The highest BCUT2D eigenvalue weighted by Gasteiger charge is 2.11. The minimum absolute atomic E-state index is 0.0137. The van der Waals surface area contributed by atoms with Gasteiger partial charge in [0.2, 0.25) is 0 Å². The molecule has 0 aliphatic heterocycles. The molecule has 1 heterocycles. The number of aromatic nitrogens is 2. The highest BCUT2D eigenvalue weighted by atomic mass is 19.1. The van der Waals surface area contributed by atoms with Crippen LogP contribution >= 0.6 is 0 Å². The summed E-state index contributed by atoms with van der Waals surface area (Å²) in [5, 5.41) is 9.40. The second-order valence-corrected chi connectivity index (χ2v) is 6.85. The average molecular weight is 381 g/mol. The maximum Gasteiger partial charge on any atom is 0.254 e. The number of hydrogen-bond donors (Lipinski definition) is 2. The van der Waals surface area contributed by atoms with Crippen LogP contribution in [0.2, 0.25) is 0 Å². The van der Waals surface area contributed by atoms with Crippen molar-refractivity contribution >= 4 is 0 Å². The van der Waals surface area contributed by atoms with Crippen molar-refractivity contribution in [3.63, 3.8) is 0 Å². The Morgan fingerprint density at radius 3 is 2.61 bits per heavy atom. The molecule has 0 amide bonds. The molecule has 3 aromatic rings. The summed E-state index contributed by atoms with van der Waals surface area (Å²) in [7, 11) is 0. The molecule has 1 aromatic heterocycles. The summed E-state index contributed by atoms with van der Waals surface area (Å²) in [4.78, 5) is 21.3. The molecule has 0 aliphatic rings. The van der Waals surface area contributed by atoms with Gasteiger partial charge in [-0.15, -0.1) is 0 Å². The quantitative estimate of drug-likeness (QED) is 0.660. The van der Waals surface area contributed by atoms with Gasteiger partial charge >= 0.3 is 0 Å². The molecule has 3 rings (SSSR count). The standard InChI is InChI=1S/C22H24FN3O2/c1-15-16(2)24-21(25-22(15)28)18-8-5-6-17(12-18)13-26(10-11-27)14-19-7-3-4-9-20(19)23/h3-9,12,27H,10-11,13-14H2,1-2H3,(H,24,25,28). The minimum atomic E-state index is -0.254. The zero-order valence-electron chi connectivity index (χ0n) is 16.1. The molecule has 6 heteroatoms. The van der Waals surface area contributed by atoms with E-state index in [1.165, 1.54) is 6.07 Å². The number of aliphatic hydroxyl groups excluding tert-OH is 1. The van der Waals surface area contributed by atoms with Crippen molar-refractivity contribution in [2.24, 2.45) is 0 Å². The Hall–Kier alpha value is -2.83. The van der Waals surface area contributed by atoms with E-state index in [9.17, 15) is 14.3 Å². The third-order valence-corrected chi connectivity index (χ3v) is 4.77. The van der Waals surface area contributed by atoms with Crippen LogP contribution in [0, 0.1) is 19.7 Å². The second kappa shape index (κ2) is 8.91. The van der Waals surface area contributed by atoms with Gasteiger partial charge in [-0.2, -0.15) is 0 Å². The first-order chi connectivity index (χ1) is 13.5. The first kappa shape index (κ1) is 19.9. The monoisotopic (exact) mass is 381 g/mol. The Balaban J connectivity index is 1.84. The van der Waals surface area contributed by atoms with Gasteiger partial charge in [0, 0.05) is 42.0 Å². The van der Waals surface area contributed by atoms with Crippen LogP contribution in [0.5, 0.6) is 0 Å². The van der Waals surface area contributed by atoms with E-state index in [4.69, 9.17) is 0 Å². The summed E-state index contributed by atoms with van der Waals surface area (Å²) in [6, 6.07) is 14.4. The van der Waals surface area contributed by atoms with Crippen molar-refractivity contribution < 1.29 is 9.50 Å². The predicted molar refractivity (Wildman–Crippen MR) is 107 cm³/mol. The maximum atomic E-state index is 14.0. The number of H-pyrrole nitrogens is 1. The smallest absolute Gasteiger partial charge is 0.254 e. The van der Waals surface area contributed by atoms with Crippen molar-refractivity contribution in [1.82, 2.24) is 14.9 Å². The molecule has 0 atom stereocenters. The number of nitrogens with zero attached hydrogens (tertiary/aromatic N) is 2. The van der Waals surface area contributed by atoms with E-state index >= 15 is 0 Å². The summed E-state index contributed by atoms with van der Waals surface area (Å²) in [6.07, 6.45) is 0. The van der Waals surface area contributed by atoms with E-state index in [1.54, 1.807) is 25.1 Å². The Morgan fingerprint density at radius 1 is 1.11 bits per heavy atom. The molecule has 0 saturated carbocycles. The molecule has 2 aromatic carbocycles. The highest BCUT2D eigenvalue weighted by Crippen LogP contribution is 2.19. The molecule has 0 aliphatic carbocycles. The SMILES string of the molecule is Cc1nc(-c2cccc(CN(CCO)Cc3ccccc3F)c2)[nH]c(=O)c1C. The van der Waals surface area contributed by atoms with Crippen molar-refractivity contribution in [2.75, 3.05) is 13.2 Å². The van der Waals surface area contributed by atoms with Crippen LogP contribution in [0.3, 0.4) is 0 Å². The molecular weight excluding hydrogens is 357 g/mol. The van der Waals surface area contributed by atoms with E-state index in [0.29, 0.717) is 42.3 Å². The number of aromatic amines is 1. The van der Waals surface area contributed by atoms with Crippen LogP contribution in [-0.4, -0.2) is 33.1 Å². The largest absolute Gasteiger partial charge is 0.395 e. The molecule has 0 fully saturated rings. The molecule has 0 saturated heterocycles. The first-order valence-corrected chi connectivity index (χ1v) is 9.21. The number of rotatable bonds is 7. The van der Waals surface area contributed by atoms with E-state index in [1.807, 2.05) is 36.1 Å². The van der Waals surface area contributed by atoms with Crippen molar-refractivity contribution in [2.45, 2.75) is 26.9 Å². The van der Waals surface area contributed by atoms with Crippen molar-refractivity contribution in [3.05, 3.63) is 87.1 Å². The molecule has 0 unspecified atom stereocenters. The maximum absolute atomic E-state index is 14.0. The number of benzene rings is 2. The van der Waals surface area contributed by atoms with E-state index in [0.717, 1.165) is 11.1 Å². The van der Waals surface area contributed by atoms with Crippen molar-refractivity contribution in [1.29, 1.82) is 0 Å². The Kier molecular flexibility index (Phi) is 6.34. The molecule has 0 spiro atoms. The molecule has 0 bridgehead atoms. The van der Waals surface area contributed by atoms with Crippen LogP contribution in [0.4, 0.5) is 4.39 Å². The molecule has 146 valence electrons. The van der Waals surface area contributed by atoms with Crippen molar-refractivity contribution in [3.8, 4) is 11.4 Å². The molecular formula is C22H24FN3O2. The molecule has 28 heavy (non-hydrogen) atoms. The number of hydrogen-bond acceptors (Lipinski definition) is 4. The van der Waals surface area contributed by atoms with Gasteiger partial charge in [-0.05, 0) is 31.5 Å². The summed E-state index contributed by atoms with van der Waals surface area (Å²) in [6.45, 7) is 4.91. The minimum Gasteiger partial charge on any atom is -0.395 e. The third-order valence-electron chi connectivity index (χ3n) is 4.77. The van der Waals surface area contributed by atoms with E-state index in [-0.39, 0.29) is 18.0 Å². The lowest BCUT2D eigenvalue weighted by molar-refractivity contribution is 0.183. The number of aliphatic hydroxyl groups is 1.